The minimum absolute atomic E-state index is 0.0680. The maximum Gasteiger partial charge on any atom is 0.319 e. The molecule has 1 amide bonds. The summed E-state index contributed by atoms with van der Waals surface area (Å²) in [6.07, 6.45) is 4.59. The number of rotatable bonds is 3. The summed E-state index contributed by atoms with van der Waals surface area (Å²) in [5, 5.41) is 18.4. The number of nitrogens with zero attached hydrogens (tertiary/aromatic N) is 1. The Morgan fingerprint density at radius 2 is 1.94 bits per heavy atom. The van der Waals surface area contributed by atoms with E-state index < -0.39 is 11.4 Å². The van der Waals surface area contributed by atoms with E-state index in [1.165, 1.54) is 0 Å². The van der Waals surface area contributed by atoms with E-state index in [2.05, 4.69) is 0 Å². The van der Waals surface area contributed by atoms with Gasteiger partial charge in [0.05, 0.1) is 12.6 Å². The third-order valence-electron chi connectivity index (χ3n) is 3.92. The second kappa shape index (κ2) is 4.64. The van der Waals surface area contributed by atoms with Gasteiger partial charge in [0.25, 0.3) is 0 Å². The molecule has 0 aromatic rings. The van der Waals surface area contributed by atoms with E-state index in [9.17, 15) is 14.7 Å². The van der Waals surface area contributed by atoms with Crippen molar-refractivity contribution in [3.63, 3.8) is 0 Å². The van der Waals surface area contributed by atoms with Crippen LogP contribution in [0.4, 0.5) is 0 Å². The predicted octanol–water partition coefficient (Wildman–Crippen LogP) is 0.615. The fraction of sp³-hybridized carbons (Fsp3) is 0.833. The van der Waals surface area contributed by atoms with Gasteiger partial charge in [-0.05, 0) is 25.7 Å². The maximum absolute atomic E-state index is 12.3. The summed E-state index contributed by atoms with van der Waals surface area (Å²) in [7, 11) is 0. The molecule has 1 saturated heterocycles. The minimum Gasteiger partial charge on any atom is -0.480 e. The van der Waals surface area contributed by atoms with Crippen LogP contribution in [0.2, 0.25) is 0 Å². The van der Waals surface area contributed by atoms with Gasteiger partial charge in [0, 0.05) is 6.54 Å². The van der Waals surface area contributed by atoms with Crippen molar-refractivity contribution in [3.8, 4) is 0 Å². The summed E-state index contributed by atoms with van der Waals surface area (Å²) in [5.41, 5.74) is -1.17. The van der Waals surface area contributed by atoms with E-state index in [0.29, 0.717) is 19.4 Å². The average molecular weight is 241 g/mol. The van der Waals surface area contributed by atoms with Gasteiger partial charge >= 0.3 is 5.97 Å². The first-order chi connectivity index (χ1) is 8.12. The van der Waals surface area contributed by atoms with Gasteiger partial charge in [0.15, 0.2) is 0 Å². The molecule has 1 saturated carbocycles. The molecule has 0 aromatic carbocycles. The molecule has 5 heteroatoms. The standard InChI is InChI=1S/C12H19NO4/c14-8-9-4-2-1-3-7-13(9)10(15)12(5-6-12)11(16)17/h9,14H,1-8H2,(H,16,17). The van der Waals surface area contributed by atoms with Crippen LogP contribution in [0, 0.1) is 5.41 Å². The van der Waals surface area contributed by atoms with Crippen LogP contribution in [0.25, 0.3) is 0 Å². The summed E-state index contributed by atoms with van der Waals surface area (Å²) in [6.45, 7) is 0.514. The molecule has 2 N–H and O–H groups in total. The Morgan fingerprint density at radius 1 is 1.24 bits per heavy atom. The summed E-state index contributed by atoms with van der Waals surface area (Å²) in [6, 6.07) is -0.193. The normalized spacial score (nSPS) is 27.4. The molecule has 5 nitrogen and oxygen atoms in total. The molecule has 1 atom stereocenters. The predicted molar refractivity (Wildman–Crippen MR) is 60.4 cm³/mol. The van der Waals surface area contributed by atoms with E-state index in [4.69, 9.17) is 5.11 Å². The maximum atomic E-state index is 12.3. The van der Waals surface area contributed by atoms with Crippen molar-refractivity contribution in [3.05, 3.63) is 0 Å². The van der Waals surface area contributed by atoms with Crippen LogP contribution in [-0.4, -0.2) is 46.2 Å². The van der Waals surface area contributed by atoms with E-state index >= 15 is 0 Å². The number of amides is 1. The quantitative estimate of drug-likeness (QED) is 0.710. The molecule has 2 rings (SSSR count). The third kappa shape index (κ3) is 2.16. The number of aliphatic hydroxyl groups is 1. The number of aliphatic hydroxyl groups excluding tert-OH is 1. The fourth-order valence-electron chi connectivity index (χ4n) is 2.55. The molecule has 0 spiro atoms. The Kier molecular flexibility index (Phi) is 3.38. The van der Waals surface area contributed by atoms with E-state index in [-0.39, 0.29) is 18.6 Å². The van der Waals surface area contributed by atoms with Crippen LogP contribution in [0.15, 0.2) is 0 Å². The monoisotopic (exact) mass is 241 g/mol. The summed E-state index contributed by atoms with van der Waals surface area (Å²) in [5.74, 6) is -1.30. The van der Waals surface area contributed by atoms with Crippen LogP contribution in [-0.2, 0) is 9.59 Å². The van der Waals surface area contributed by atoms with Crippen LogP contribution in [0.1, 0.15) is 38.5 Å². The molecule has 0 aromatic heterocycles. The number of carbonyl (C=O) groups is 2. The molecule has 1 heterocycles. The van der Waals surface area contributed by atoms with Gasteiger partial charge in [-0.25, -0.2) is 0 Å². The lowest BCUT2D eigenvalue weighted by Gasteiger charge is -2.31. The van der Waals surface area contributed by atoms with Gasteiger partial charge in [-0.3, -0.25) is 9.59 Å². The van der Waals surface area contributed by atoms with Crippen molar-refractivity contribution in [2.45, 2.75) is 44.6 Å². The smallest absolute Gasteiger partial charge is 0.319 e. The molecule has 0 bridgehead atoms. The lowest BCUT2D eigenvalue weighted by molar-refractivity contribution is -0.155. The highest BCUT2D eigenvalue weighted by molar-refractivity contribution is 6.04. The van der Waals surface area contributed by atoms with Gasteiger partial charge in [-0.1, -0.05) is 12.8 Å². The number of likely N-dealkylation sites (tertiary alicyclic amines) is 1. The summed E-state index contributed by atoms with van der Waals surface area (Å²) in [4.78, 5) is 25.0. The first-order valence-electron chi connectivity index (χ1n) is 6.27. The van der Waals surface area contributed by atoms with Crippen LogP contribution < -0.4 is 0 Å². The zero-order chi connectivity index (χ0) is 12.5. The van der Waals surface area contributed by atoms with Crippen molar-refractivity contribution in [1.29, 1.82) is 0 Å². The number of aliphatic carboxylic acids is 1. The van der Waals surface area contributed by atoms with Crippen LogP contribution >= 0.6 is 0 Å². The van der Waals surface area contributed by atoms with Crippen molar-refractivity contribution < 1.29 is 19.8 Å². The van der Waals surface area contributed by atoms with Gasteiger partial charge in [0.2, 0.25) is 5.91 Å². The van der Waals surface area contributed by atoms with Gasteiger partial charge in [-0.15, -0.1) is 0 Å². The van der Waals surface area contributed by atoms with E-state index in [0.717, 1.165) is 25.7 Å². The van der Waals surface area contributed by atoms with Crippen molar-refractivity contribution in [2.75, 3.05) is 13.2 Å². The molecule has 96 valence electrons. The fourth-order valence-corrected chi connectivity index (χ4v) is 2.55. The van der Waals surface area contributed by atoms with E-state index in [1.807, 2.05) is 0 Å². The Balaban J connectivity index is 2.13. The lowest BCUT2D eigenvalue weighted by Crippen LogP contribution is -2.47. The Morgan fingerprint density at radius 3 is 2.47 bits per heavy atom. The van der Waals surface area contributed by atoms with Crippen LogP contribution in [0.3, 0.4) is 0 Å². The Labute approximate surface area is 100 Å². The van der Waals surface area contributed by atoms with E-state index in [1.54, 1.807) is 4.90 Å². The molecule has 2 aliphatic rings. The van der Waals surface area contributed by atoms with Gasteiger partial charge < -0.3 is 15.1 Å². The molecule has 1 aliphatic carbocycles. The minimum atomic E-state index is -1.17. The second-order valence-corrected chi connectivity index (χ2v) is 5.07. The SMILES string of the molecule is O=C(O)C1(C(=O)N2CCCCCC2CO)CC1. The number of carboxylic acid groups (broad SMARTS) is 1. The number of carbonyl (C=O) groups excluding carboxylic acids is 1. The lowest BCUT2D eigenvalue weighted by atomic mass is 10.0. The highest BCUT2D eigenvalue weighted by Crippen LogP contribution is 2.48. The third-order valence-corrected chi connectivity index (χ3v) is 3.92. The molecule has 1 aliphatic heterocycles. The first-order valence-corrected chi connectivity index (χ1v) is 6.27. The highest BCUT2D eigenvalue weighted by atomic mass is 16.4. The van der Waals surface area contributed by atoms with Gasteiger partial charge in [0.1, 0.15) is 5.41 Å². The van der Waals surface area contributed by atoms with Crippen LogP contribution in [0.5, 0.6) is 0 Å². The number of hydrogen-bond donors (Lipinski definition) is 2. The van der Waals surface area contributed by atoms with Crippen molar-refractivity contribution in [1.82, 2.24) is 4.90 Å². The Bertz CT molecular complexity index is 324. The van der Waals surface area contributed by atoms with Crippen molar-refractivity contribution in [2.24, 2.45) is 5.41 Å². The zero-order valence-electron chi connectivity index (χ0n) is 9.89. The second-order valence-electron chi connectivity index (χ2n) is 5.07. The Hall–Kier alpha value is -1.10. The molecular formula is C12H19NO4. The average Bonchev–Trinajstić information content (AvgIpc) is 3.12. The first kappa shape index (κ1) is 12.4. The molecular weight excluding hydrogens is 222 g/mol. The molecule has 0 radical (unpaired) electrons. The van der Waals surface area contributed by atoms with Gasteiger partial charge in [-0.2, -0.15) is 0 Å². The highest BCUT2D eigenvalue weighted by Gasteiger charge is 2.59. The summed E-state index contributed by atoms with van der Waals surface area (Å²) < 4.78 is 0. The number of hydrogen-bond acceptors (Lipinski definition) is 3. The molecule has 1 unspecified atom stereocenters. The molecule has 17 heavy (non-hydrogen) atoms. The summed E-state index contributed by atoms with van der Waals surface area (Å²) >= 11 is 0. The topological polar surface area (TPSA) is 77.8 Å². The zero-order valence-corrected chi connectivity index (χ0v) is 9.89. The largest absolute Gasteiger partial charge is 0.480 e. The molecule has 2 fully saturated rings. The van der Waals surface area contributed by atoms with Crippen molar-refractivity contribution >= 4 is 11.9 Å². The number of carboxylic acids is 1.